The van der Waals surface area contributed by atoms with Crippen molar-refractivity contribution in [2.75, 3.05) is 19.6 Å². The molecule has 1 aromatic heterocycles. The minimum absolute atomic E-state index is 0.00767. The maximum absolute atomic E-state index is 13.0. The molecular formula is C24H26ClN5O2. The highest BCUT2D eigenvalue weighted by molar-refractivity contribution is 6.30. The predicted octanol–water partition coefficient (Wildman–Crippen LogP) is 3.84. The SMILES string of the molecule is CCN(CC)C(=O)c1nc2n(n1)-c1ccc(Cl)cc1C1(c3ccccc3)OC(C)CN1C2. The third-order valence-corrected chi connectivity index (χ3v) is 6.49. The summed E-state index contributed by atoms with van der Waals surface area (Å²) in [6.45, 7) is 8.41. The van der Waals surface area contributed by atoms with E-state index >= 15 is 0 Å². The number of fused-ring (bicyclic) bond motifs is 5. The van der Waals surface area contributed by atoms with E-state index < -0.39 is 5.72 Å². The number of halogens is 1. The summed E-state index contributed by atoms with van der Waals surface area (Å²) in [7, 11) is 0. The van der Waals surface area contributed by atoms with Crippen LogP contribution in [0.3, 0.4) is 0 Å². The van der Waals surface area contributed by atoms with E-state index in [4.69, 9.17) is 16.3 Å². The molecule has 2 aromatic carbocycles. The average Bonchev–Trinajstić information content (AvgIpc) is 3.34. The van der Waals surface area contributed by atoms with Crippen LogP contribution in [0.15, 0.2) is 48.5 Å². The second-order valence-corrected chi connectivity index (χ2v) is 8.66. The number of amides is 1. The molecule has 1 amide bonds. The van der Waals surface area contributed by atoms with Crippen LogP contribution in [0.2, 0.25) is 5.02 Å². The first kappa shape index (κ1) is 21.1. The molecule has 2 aliphatic heterocycles. The number of benzene rings is 2. The number of carbonyl (C=O) groups excluding carboxylic acids is 1. The molecule has 166 valence electrons. The van der Waals surface area contributed by atoms with E-state index in [9.17, 15) is 4.79 Å². The summed E-state index contributed by atoms with van der Waals surface area (Å²) >= 11 is 6.49. The van der Waals surface area contributed by atoms with E-state index in [1.807, 2.05) is 50.2 Å². The Balaban J connectivity index is 1.73. The van der Waals surface area contributed by atoms with Gasteiger partial charge in [0, 0.05) is 35.8 Å². The van der Waals surface area contributed by atoms with Crippen molar-refractivity contribution in [3.63, 3.8) is 0 Å². The van der Waals surface area contributed by atoms with Crippen LogP contribution in [0.5, 0.6) is 0 Å². The number of ether oxygens (including phenoxy) is 1. The Labute approximate surface area is 192 Å². The molecule has 1 fully saturated rings. The van der Waals surface area contributed by atoms with Crippen LogP contribution in [0.4, 0.5) is 0 Å². The predicted molar refractivity (Wildman–Crippen MR) is 122 cm³/mol. The van der Waals surface area contributed by atoms with E-state index in [-0.39, 0.29) is 17.8 Å². The lowest BCUT2D eigenvalue weighted by Crippen LogP contribution is -2.42. The van der Waals surface area contributed by atoms with Crippen molar-refractivity contribution in [3.8, 4) is 5.69 Å². The highest BCUT2D eigenvalue weighted by Crippen LogP contribution is 2.48. The second kappa shape index (κ2) is 7.99. The van der Waals surface area contributed by atoms with E-state index in [0.717, 1.165) is 16.8 Å². The van der Waals surface area contributed by atoms with Crippen LogP contribution in [0.1, 0.15) is 48.3 Å². The Kier molecular flexibility index (Phi) is 5.28. The molecule has 0 aliphatic carbocycles. The number of carbonyl (C=O) groups is 1. The minimum Gasteiger partial charge on any atom is -0.347 e. The fraction of sp³-hybridized carbons (Fsp3) is 0.375. The third kappa shape index (κ3) is 3.15. The van der Waals surface area contributed by atoms with Crippen molar-refractivity contribution in [1.82, 2.24) is 24.6 Å². The van der Waals surface area contributed by atoms with Gasteiger partial charge in [-0.05, 0) is 39.0 Å². The zero-order valence-electron chi connectivity index (χ0n) is 18.5. The van der Waals surface area contributed by atoms with Gasteiger partial charge in [-0.15, -0.1) is 5.10 Å². The van der Waals surface area contributed by atoms with Gasteiger partial charge in [-0.1, -0.05) is 41.9 Å². The van der Waals surface area contributed by atoms with Crippen molar-refractivity contribution in [1.29, 1.82) is 0 Å². The molecule has 0 radical (unpaired) electrons. The maximum Gasteiger partial charge on any atom is 0.293 e. The molecule has 8 heteroatoms. The largest absolute Gasteiger partial charge is 0.347 e. The quantitative estimate of drug-likeness (QED) is 0.603. The molecule has 3 heterocycles. The Morgan fingerprint density at radius 1 is 1.22 bits per heavy atom. The van der Waals surface area contributed by atoms with Crippen LogP contribution in [-0.2, 0) is 17.0 Å². The first-order valence-electron chi connectivity index (χ1n) is 11.0. The lowest BCUT2D eigenvalue weighted by Gasteiger charge is -2.37. The number of rotatable bonds is 4. The van der Waals surface area contributed by atoms with Crippen molar-refractivity contribution in [2.24, 2.45) is 0 Å². The Bertz CT molecular complexity index is 1160. The molecule has 2 unspecified atom stereocenters. The first-order chi connectivity index (χ1) is 15.5. The number of nitrogens with zero attached hydrogens (tertiary/aromatic N) is 5. The summed E-state index contributed by atoms with van der Waals surface area (Å²) in [4.78, 5) is 21.7. The van der Waals surface area contributed by atoms with E-state index in [1.54, 1.807) is 9.58 Å². The topological polar surface area (TPSA) is 63.5 Å². The Morgan fingerprint density at radius 2 is 1.97 bits per heavy atom. The third-order valence-electron chi connectivity index (χ3n) is 6.26. The summed E-state index contributed by atoms with van der Waals surface area (Å²) < 4.78 is 8.45. The molecule has 2 atom stereocenters. The summed E-state index contributed by atoms with van der Waals surface area (Å²) in [5, 5.41) is 5.27. The smallest absolute Gasteiger partial charge is 0.293 e. The van der Waals surface area contributed by atoms with Gasteiger partial charge in [0.15, 0.2) is 5.72 Å². The molecule has 1 saturated heterocycles. The zero-order valence-corrected chi connectivity index (χ0v) is 19.2. The molecule has 0 N–H and O–H groups in total. The molecule has 0 spiro atoms. The first-order valence-corrected chi connectivity index (χ1v) is 11.4. The van der Waals surface area contributed by atoms with Gasteiger partial charge >= 0.3 is 0 Å². The molecule has 0 bridgehead atoms. The summed E-state index contributed by atoms with van der Waals surface area (Å²) in [6.07, 6.45) is 0.00767. The average molecular weight is 452 g/mol. The van der Waals surface area contributed by atoms with Gasteiger partial charge < -0.3 is 9.64 Å². The van der Waals surface area contributed by atoms with Gasteiger partial charge in [0.05, 0.1) is 18.3 Å². The maximum atomic E-state index is 13.0. The second-order valence-electron chi connectivity index (χ2n) is 8.22. The number of hydrogen-bond donors (Lipinski definition) is 0. The summed E-state index contributed by atoms with van der Waals surface area (Å²) in [6, 6.07) is 15.9. The molecule has 5 rings (SSSR count). The van der Waals surface area contributed by atoms with Crippen LogP contribution < -0.4 is 0 Å². The highest BCUT2D eigenvalue weighted by Gasteiger charge is 2.52. The van der Waals surface area contributed by atoms with E-state index in [1.165, 1.54) is 0 Å². The van der Waals surface area contributed by atoms with Crippen molar-refractivity contribution in [2.45, 2.75) is 39.1 Å². The van der Waals surface area contributed by atoms with Gasteiger partial charge in [-0.2, -0.15) is 0 Å². The molecule has 7 nitrogen and oxygen atoms in total. The van der Waals surface area contributed by atoms with Gasteiger partial charge in [-0.3, -0.25) is 9.69 Å². The Hall–Kier alpha value is -2.74. The fourth-order valence-electron chi connectivity index (χ4n) is 4.84. The van der Waals surface area contributed by atoms with Crippen LogP contribution in [0.25, 0.3) is 5.69 Å². The lowest BCUT2D eigenvalue weighted by atomic mass is 9.92. The highest BCUT2D eigenvalue weighted by atomic mass is 35.5. The number of aromatic nitrogens is 3. The normalized spacial score (nSPS) is 22.1. The van der Waals surface area contributed by atoms with E-state index in [2.05, 4.69) is 34.0 Å². The Morgan fingerprint density at radius 3 is 2.69 bits per heavy atom. The minimum atomic E-state index is -0.813. The van der Waals surface area contributed by atoms with Crippen LogP contribution >= 0.6 is 11.6 Å². The van der Waals surface area contributed by atoms with E-state index in [0.29, 0.717) is 37.0 Å². The van der Waals surface area contributed by atoms with Crippen molar-refractivity contribution in [3.05, 3.63) is 76.3 Å². The summed E-state index contributed by atoms with van der Waals surface area (Å²) in [5.41, 5.74) is 1.92. The molecule has 0 saturated carbocycles. The van der Waals surface area contributed by atoms with Crippen molar-refractivity contribution >= 4 is 17.5 Å². The van der Waals surface area contributed by atoms with Gasteiger partial charge in [-0.25, -0.2) is 9.67 Å². The molecule has 32 heavy (non-hydrogen) atoms. The molecule has 3 aromatic rings. The van der Waals surface area contributed by atoms with Crippen molar-refractivity contribution < 1.29 is 9.53 Å². The number of hydrogen-bond acceptors (Lipinski definition) is 5. The van der Waals surface area contributed by atoms with Crippen LogP contribution in [-0.4, -0.2) is 56.2 Å². The van der Waals surface area contributed by atoms with Gasteiger partial charge in [0.2, 0.25) is 5.82 Å². The van der Waals surface area contributed by atoms with Crippen LogP contribution in [0, 0.1) is 0 Å². The standard InChI is InChI=1S/C24H26ClN5O2/c1-4-28(5-2)23(31)22-26-21-15-29-14-16(3)32-24(29,17-9-7-6-8-10-17)19-13-18(25)11-12-20(19)30(21)27-22/h6-13,16H,4-5,14-15H2,1-3H3. The van der Waals surface area contributed by atoms with Gasteiger partial charge in [0.25, 0.3) is 5.91 Å². The fourth-order valence-corrected chi connectivity index (χ4v) is 5.01. The van der Waals surface area contributed by atoms with Gasteiger partial charge in [0.1, 0.15) is 5.82 Å². The molecular weight excluding hydrogens is 426 g/mol. The lowest BCUT2D eigenvalue weighted by molar-refractivity contribution is -0.0758. The zero-order chi connectivity index (χ0) is 22.5. The monoisotopic (exact) mass is 451 g/mol. The molecule has 2 aliphatic rings. The summed E-state index contributed by atoms with van der Waals surface area (Å²) in [5.74, 6) is 0.760.